The van der Waals surface area contributed by atoms with Crippen molar-refractivity contribution in [2.45, 2.75) is 53.1 Å². The van der Waals surface area contributed by atoms with Crippen LogP contribution in [0.1, 0.15) is 50.2 Å². The highest BCUT2D eigenvalue weighted by atomic mass is 35.5. The van der Waals surface area contributed by atoms with Crippen molar-refractivity contribution in [3.05, 3.63) is 109 Å². The summed E-state index contributed by atoms with van der Waals surface area (Å²) in [4.78, 5) is 33.8. The van der Waals surface area contributed by atoms with Crippen molar-refractivity contribution in [2.24, 2.45) is 0 Å². The zero-order valence-electron chi connectivity index (χ0n) is 23.4. The van der Waals surface area contributed by atoms with Crippen LogP contribution in [-0.4, -0.2) is 34.4 Å². The molecule has 224 valence electrons. The number of hydrogen-bond acceptors (Lipinski definition) is 8. The Hall–Kier alpha value is -4.04. The number of nitrogens with zero attached hydrogens (tertiary/aromatic N) is 4. The minimum Gasteiger partial charge on any atom is -0.433 e. The summed E-state index contributed by atoms with van der Waals surface area (Å²) in [6, 6.07) is 3.86. The van der Waals surface area contributed by atoms with Crippen LogP contribution in [0, 0.1) is 31.3 Å². The first-order chi connectivity index (χ1) is 19.5. The minimum absolute atomic E-state index is 0.0126. The lowest BCUT2D eigenvalue weighted by Crippen LogP contribution is -2.36. The Morgan fingerprint density at radius 1 is 0.929 bits per heavy atom. The van der Waals surface area contributed by atoms with Gasteiger partial charge >= 0.3 is 5.97 Å². The maximum absolute atomic E-state index is 14.4. The molecule has 0 radical (unpaired) electrons. The number of aliphatic hydroxyl groups is 3. The molecule has 0 aliphatic carbocycles. The van der Waals surface area contributed by atoms with Crippen LogP contribution in [0.4, 0.5) is 13.2 Å². The van der Waals surface area contributed by atoms with Gasteiger partial charge in [0.2, 0.25) is 0 Å². The number of aryl methyl sites for hydroxylation is 2. The first kappa shape index (κ1) is 32.5. The van der Waals surface area contributed by atoms with Gasteiger partial charge in [0.1, 0.15) is 22.5 Å². The summed E-state index contributed by atoms with van der Waals surface area (Å²) in [7, 11) is 0. The summed E-state index contributed by atoms with van der Waals surface area (Å²) in [6.07, 6.45) is 3.01. The van der Waals surface area contributed by atoms with Crippen molar-refractivity contribution in [1.29, 1.82) is 0 Å². The van der Waals surface area contributed by atoms with Gasteiger partial charge in [-0.3, -0.25) is 18.7 Å². The maximum Gasteiger partial charge on any atom is 0.372 e. The molecule has 4 rings (SSSR count). The van der Waals surface area contributed by atoms with Gasteiger partial charge in [-0.05, 0) is 39.3 Å². The van der Waals surface area contributed by atoms with Gasteiger partial charge in [-0.2, -0.15) is 0 Å². The summed E-state index contributed by atoms with van der Waals surface area (Å²) in [5, 5.41) is 30.2. The summed E-state index contributed by atoms with van der Waals surface area (Å²) < 4.78 is 48.8. The molecule has 4 aromatic heterocycles. The van der Waals surface area contributed by atoms with Crippen LogP contribution in [0.5, 0.6) is 5.75 Å². The van der Waals surface area contributed by atoms with Crippen LogP contribution in [0.2, 0.25) is 5.02 Å². The molecule has 0 atom stereocenters. The van der Waals surface area contributed by atoms with Crippen molar-refractivity contribution in [2.75, 3.05) is 0 Å². The highest BCUT2D eigenvalue weighted by Crippen LogP contribution is 2.31. The van der Waals surface area contributed by atoms with Crippen molar-refractivity contribution >= 4 is 11.6 Å². The minimum atomic E-state index is -3.42. The molecular formula is C28H28ClF3N4O6. The molecule has 0 bridgehead atoms. The van der Waals surface area contributed by atoms with Crippen LogP contribution in [0.3, 0.4) is 0 Å². The van der Waals surface area contributed by atoms with E-state index in [1.165, 1.54) is 33.0 Å². The molecule has 0 unspecified atom stereocenters. The van der Waals surface area contributed by atoms with E-state index in [9.17, 15) is 38.1 Å². The average Bonchev–Trinajstić information content (AvgIpc) is 2.88. The molecule has 14 heteroatoms. The van der Waals surface area contributed by atoms with E-state index in [4.69, 9.17) is 16.3 Å². The molecule has 0 aliphatic rings. The highest BCUT2D eigenvalue weighted by molar-refractivity contribution is 6.31. The molecule has 4 heterocycles. The van der Waals surface area contributed by atoms with Gasteiger partial charge in [-0.1, -0.05) is 25.4 Å². The average molecular weight is 609 g/mol. The Labute approximate surface area is 242 Å². The van der Waals surface area contributed by atoms with Crippen LogP contribution >= 0.6 is 11.6 Å². The van der Waals surface area contributed by atoms with Crippen molar-refractivity contribution in [3.63, 3.8) is 0 Å². The van der Waals surface area contributed by atoms with Gasteiger partial charge in [0, 0.05) is 36.3 Å². The molecule has 4 aromatic rings. The molecule has 0 saturated carbocycles. The highest BCUT2D eigenvalue weighted by Gasteiger charge is 2.36. The zero-order valence-corrected chi connectivity index (χ0v) is 24.2. The summed E-state index contributed by atoms with van der Waals surface area (Å²) in [6.45, 7) is 9.58. The third-order valence-electron chi connectivity index (χ3n) is 5.87. The summed E-state index contributed by atoms with van der Waals surface area (Å²) >= 11 is 6.21. The van der Waals surface area contributed by atoms with Crippen LogP contribution in [-0.2, 0) is 11.6 Å². The van der Waals surface area contributed by atoms with Gasteiger partial charge in [0.25, 0.3) is 11.1 Å². The number of hydrogen-bond donors (Lipinski definition) is 3. The van der Waals surface area contributed by atoms with Gasteiger partial charge in [-0.25, -0.2) is 23.1 Å². The lowest BCUT2D eigenvalue weighted by molar-refractivity contribution is -0.308. The molecule has 0 spiro atoms. The quantitative estimate of drug-likeness (QED) is 0.280. The van der Waals surface area contributed by atoms with Gasteiger partial charge < -0.3 is 20.1 Å². The smallest absolute Gasteiger partial charge is 0.372 e. The van der Waals surface area contributed by atoms with E-state index in [2.05, 4.69) is 9.97 Å². The van der Waals surface area contributed by atoms with Crippen LogP contribution in [0.15, 0.2) is 52.4 Å². The molecule has 0 aliphatic heterocycles. The van der Waals surface area contributed by atoms with Gasteiger partial charge in [0.15, 0.2) is 17.3 Å². The molecular weight excluding hydrogens is 581 g/mol. The Balaban J connectivity index is 0.00000237. The number of pyridine rings is 4. The Bertz CT molecular complexity index is 1770. The Morgan fingerprint density at radius 3 is 2.17 bits per heavy atom. The molecule has 0 fully saturated rings. The lowest BCUT2D eigenvalue weighted by atomic mass is 9.99. The van der Waals surface area contributed by atoms with Crippen LogP contribution < -0.4 is 15.9 Å². The van der Waals surface area contributed by atoms with E-state index in [1.807, 2.05) is 13.8 Å². The lowest BCUT2D eigenvalue weighted by Gasteiger charge is -2.24. The largest absolute Gasteiger partial charge is 0.433 e. The second-order valence-corrected chi connectivity index (χ2v) is 9.78. The number of ether oxygens (including phenoxy) is 1. The van der Waals surface area contributed by atoms with Crippen molar-refractivity contribution < 1.29 is 33.2 Å². The monoisotopic (exact) mass is 608 g/mol. The SMILES string of the molecule is CC.Cc1cnc(-n2ccc(F)c(C(C)(C)O)c2=O)cc1-n1c(C)cc(OC(O)(O)c2ncc(F)cc2F)c(Cl)c1=O. The van der Waals surface area contributed by atoms with E-state index in [1.54, 1.807) is 6.92 Å². The van der Waals surface area contributed by atoms with Crippen molar-refractivity contribution in [3.8, 4) is 17.3 Å². The molecule has 0 amide bonds. The molecule has 0 aromatic carbocycles. The molecule has 42 heavy (non-hydrogen) atoms. The number of aromatic nitrogens is 4. The summed E-state index contributed by atoms with van der Waals surface area (Å²) in [5.41, 5.74) is -4.32. The zero-order chi connectivity index (χ0) is 31.7. The fourth-order valence-electron chi connectivity index (χ4n) is 4.03. The third kappa shape index (κ3) is 6.23. The fraction of sp³-hybridized carbons (Fsp3) is 0.286. The molecule has 0 saturated heterocycles. The normalized spacial score (nSPS) is 11.6. The molecule has 3 N–H and O–H groups in total. The van der Waals surface area contributed by atoms with E-state index >= 15 is 0 Å². The van der Waals surface area contributed by atoms with Gasteiger partial charge in [0.05, 0.1) is 23.0 Å². The Kier molecular flexibility index (Phi) is 9.32. The number of rotatable bonds is 6. The fourth-order valence-corrected chi connectivity index (χ4v) is 4.21. The van der Waals surface area contributed by atoms with E-state index in [0.29, 0.717) is 17.8 Å². The first-order valence-corrected chi connectivity index (χ1v) is 12.9. The third-order valence-corrected chi connectivity index (χ3v) is 6.22. The van der Waals surface area contributed by atoms with Gasteiger partial charge in [-0.15, -0.1) is 0 Å². The number of halogens is 4. The van der Waals surface area contributed by atoms with E-state index in [-0.39, 0.29) is 17.2 Å². The second kappa shape index (κ2) is 12.1. The summed E-state index contributed by atoms with van der Waals surface area (Å²) in [5.74, 6) is -7.38. The predicted octanol–water partition coefficient (Wildman–Crippen LogP) is 3.89. The van der Waals surface area contributed by atoms with Crippen LogP contribution in [0.25, 0.3) is 11.5 Å². The predicted molar refractivity (Wildman–Crippen MR) is 147 cm³/mol. The standard InChI is InChI=1S/C26H22ClF3N4O6.C2H6/c1-12-10-31-19(33-6-5-15(29)20(23(33)35)25(3,4)37)9-17(12)34-13(2)7-18(21(27)24(34)36)40-26(38,39)22-16(30)8-14(28)11-32-22;1-2/h5-11,37-39H,1-4H3;1-2H3. The second-order valence-electron chi connectivity index (χ2n) is 9.40. The van der Waals surface area contributed by atoms with E-state index in [0.717, 1.165) is 27.5 Å². The molecule has 10 nitrogen and oxygen atoms in total. The first-order valence-electron chi connectivity index (χ1n) is 12.5. The van der Waals surface area contributed by atoms with E-state index < -0.39 is 62.2 Å². The maximum atomic E-state index is 14.4. The van der Waals surface area contributed by atoms with Crippen molar-refractivity contribution in [1.82, 2.24) is 19.1 Å². The topological polar surface area (TPSA) is 140 Å². The Morgan fingerprint density at radius 2 is 1.57 bits per heavy atom.